The highest BCUT2D eigenvalue weighted by Crippen LogP contribution is 2.44. The molecule has 6 rings (SSSR count). The van der Waals surface area contributed by atoms with Gasteiger partial charge in [-0.05, 0) is 24.6 Å². The summed E-state index contributed by atoms with van der Waals surface area (Å²) in [5, 5.41) is 4.15. The van der Waals surface area contributed by atoms with Gasteiger partial charge >= 0.3 is 0 Å². The van der Waals surface area contributed by atoms with Crippen LogP contribution in [0.1, 0.15) is 17.5 Å². The van der Waals surface area contributed by atoms with Gasteiger partial charge in [0.05, 0.1) is 49.5 Å². The van der Waals surface area contributed by atoms with Crippen LogP contribution in [0.15, 0.2) is 48.8 Å². The molecule has 38 heavy (non-hydrogen) atoms. The summed E-state index contributed by atoms with van der Waals surface area (Å²) in [6.45, 7) is 5.10. The molecule has 4 aromatic rings. The van der Waals surface area contributed by atoms with Gasteiger partial charge in [0, 0.05) is 60.6 Å². The summed E-state index contributed by atoms with van der Waals surface area (Å²) in [4.78, 5) is 32.2. The number of fused-ring (bicyclic) bond motifs is 2. The fraction of sp³-hybridized carbons (Fsp3) is 0.310. The van der Waals surface area contributed by atoms with Crippen LogP contribution in [0.5, 0.6) is 11.5 Å². The summed E-state index contributed by atoms with van der Waals surface area (Å²) in [6, 6.07) is 11.6. The van der Waals surface area contributed by atoms with Crippen molar-refractivity contribution in [3.05, 3.63) is 59.9 Å². The maximum absolute atomic E-state index is 13.4. The minimum absolute atomic E-state index is 0.336. The number of H-pyrrole nitrogens is 1. The molecule has 4 heterocycles. The molecule has 2 aromatic carbocycles. The van der Waals surface area contributed by atoms with E-state index in [0.717, 1.165) is 67.6 Å². The van der Waals surface area contributed by atoms with Gasteiger partial charge in [-0.25, -0.2) is 0 Å². The van der Waals surface area contributed by atoms with Gasteiger partial charge in [0.2, 0.25) is 0 Å². The van der Waals surface area contributed by atoms with Crippen molar-refractivity contribution in [2.45, 2.75) is 13.0 Å². The van der Waals surface area contributed by atoms with Crippen LogP contribution >= 0.6 is 0 Å². The summed E-state index contributed by atoms with van der Waals surface area (Å²) in [6.07, 6.45) is 4.68. The first-order valence-corrected chi connectivity index (χ1v) is 12.8. The Morgan fingerprint density at radius 3 is 2.45 bits per heavy atom. The van der Waals surface area contributed by atoms with Crippen LogP contribution in [-0.4, -0.2) is 73.3 Å². The number of ether oxygens (including phenoxy) is 3. The second kappa shape index (κ2) is 10.00. The molecule has 9 nitrogen and oxygen atoms in total. The molecule has 0 atom stereocenters. The molecular formula is C29H30N4O5. The fourth-order valence-corrected chi connectivity index (χ4v) is 5.62. The molecule has 2 aliphatic rings. The van der Waals surface area contributed by atoms with E-state index in [1.54, 1.807) is 20.4 Å². The maximum Gasteiger partial charge on any atom is 0.259 e. The first-order valence-electron chi connectivity index (χ1n) is 12.8. The SMILES string of the molecule is COc1ccc2c(c(C3=C(c4c[nH]c5ccccc45)C(=O)NC3=O)cn2CCCN2CCOCC2)c1OC. The van der Waals surface area contributed by atoms with Crippen molar-refractivity contribution in [2.24, 2.45) is 0 Å². The largest absolute Gasteiger partial charge is 0.493 e. The minimum Gasteiger partial charge on any atom is -0.493 e. The predicted octanol–water partition coefficient (Wildman–Crippen LogP) is 3.43. The van der Waals surface area contributed by atoms with E-state index in [9.17, 15) is 9.59 Å². The summed E-state index contributed by atoms with van der Waals surface area (Å²) in [5.74, 6) is 0.258. The smallest absolute Gasteiger partial charge is 0.259 e. The predicted molar refractivity (Wildman–Crippen MR) is 145 cm³/mol. The number of amides is 2. The molecule has 1 saturated heterocycles. The third-order valence-electron chi connectivity index (χ3n) is 7.42. The van der Waals surface area contributed by atoms with E-state index < -0.39 is 11.8 Å². The number of imide groups is 1. The molecule has 196 valence electrons. The molecule has 2 N–H and O–H groups in total. The molecule has 2 amide bonds. The van der Waals surface area contributed by atoms with E-state index >= 15 is 0 Å². The lowest BCUT2D eigenvalue weighted by atomic mass is 9.95. The van der Waals surface area contributed by atoms with Crippen LogP contribution in [-0.2, 0) is 20.9 Å². The molecule has 2 aromatic heterocycles. The Hall–Kier alpha value is -4.08. The van der Waals surface area contributed by atoms with Crippen LogP contribution in [0.3, 0.4) is 0 Å². The normalized spacial score (nSPS) is 16.6. The van der Waals surface area contributed by atoms with Gasteiger partial charge in [0.25, 0.3) is 11.8 Å². The summed E-state index contributed by atoms with van der Waals surface area (Å²) < 4.78 is 19.0. The van der Waals surface area contributed by atoms with Gasteiger partial charge in [-0.2, -0.15) is 0 Å². The van der Waals surface area contributed by atoms with Crippen molar-refractivity contribution >= 4 is 44.8 Å². The van der Waals surface area contributed by atoms with E-state index in [-0.39, 0.29) is 0 Å². The maximum atomic E-state index is 13.4. The molecule has 0 bridgehead atoms. The van der Waals surface area contributed by atoms with E-state index in [4.69, 9.17) is 14.2 Å². The van der Waals surface area contributed by atoms with Crippen LogP contribution in [0.2, 0.25) is 0 Å². The van der Waals surface area contributed by atoms with Crippen molar-refractivity contribution in [3.63, 3.8) is 0 Å². The third-order valence-corrected chi connectivity index (χ3v) is 7.42. The number of nitrogens with one attached hydrogen (secondary N) is 2. The van der Waals surface area contributed by atoms with Gasteiger partial charge in [-0.3, -0.25) is 19.8 Å². The number of rotatable bonds is 8. The lowest BCUT2D eigenvalue weighted by Crippen LogP contribution is -2.37. The minimum atomic E-state index is -0.424. The Bertz CT molecular complexity index is 1570. The van der Waals surface area contributed by atoms with Crippen LogP contribution in [0, 0.1) is 0 Å². The molecule has 0 aliphatic carbocycles. The van der Waals surface area contributed by atoms with Crippen molar-refractivity contribution in [2.75, 3.05) is 47.1 Å². The topological polar surface area (TPSA) is 97.8 Å². The Balaban J connectivity index is 1.51. The molecule has 9 heteroatoms. The quantitative estimate of drug-likeness (QED) is 0.350. The second-order valence-corrected chi connectivity index (χ2v) is 9.52. The summed E-state index contributed by atoms with van der Waals surface area (Å²) >= 11 is 0. The Kier molecular flexibility index (Phi) is 6.39. The first kappa shape index (κ1) is 24.3. The molecule has 0 unspecified atom stereocenters. The number of carbonyl (C=O) groups excluding carboxylic acids is 2. The van der Waals surface area contributed by atoms with E-state index in [0.29, 0.717) is 33.8 Å². The average molecular weight is 515 g/mol. The number of hydrogen-bond donors (Lipinski definition) is 2. The monoisotopic (exact) mass is 514 g/mol. The van der Waals surface area contributed by atoms with Crippen LogP contribution < -0.4 is 14.8 Å². The first-order chi connectivity index (χ1) is 18.6. The zero-order valence-electron chi connectivity index (χ0n) is 21.5. The number of aryl methyl sites for hydroxylation is 1. The molecule has 2 aliphatic heterocycles. The molecule has 0 spiro atoms. The number of morpholine rings is 1. The highest BCUT2D eigenvalue weighted by Gasteiger charge is 2.36. The van der Waals surface area contributed by atoms with Crippen LogP contribution in [0.4, 0.5) is 0 Å². The van der Waals surface area contributed by atoms with Crippen LogP contribution in [0.25, 0.3) is 33.0 Å². The van der Waals surface area contributed by atoms with E-state index in [2.05, 4.69) is 19.8 Å². The lowest BCUT2D eigenvalue weighted by Gasteiger charge is -2.26. The van der Waals surface area contributed by atoms with Gasteiger partial charge in [0.15, 0.2) is 11.5 Å². The Morgan fingerprint density at radius 1 is 0.921 bits per heavy atom. The second-order valence-electron chi connectivity index (χ2n) is 9.52. The van der Waals surface area contributed by atoms with E-state index in [1.807, 2.05) is 42.6 Å². The molecule has 0 saturated carbocycles. The summed E-state index contributed by atoms with van der Waals surface area (Å²) in [7, 11) is 3.18. The third kappa shape index (κ3) is 4.04. The highest BCUT2D eigenvalue weighted by molar-refractivity contribution is 6.51. The Labute approximate surface area is 219 Å². The van der Waals surface area contributed by atoms with Crippen molar-refractivity contribution in [1.29, 1.82) is 0 Å². The average Bonchev–Trinajstić information content (AvgIpc) is 3.61. The summed E-state index contributed by atoms with van der Waals surface area (Å²) in [5.41, 5.74) is 3.83. The number of nitrogens with zero attached hydrogens (tertiary/aromatic N) is 2. The van der Waals surface area contributed by atoms with Crippen molar-refractivity contribution in [3.8, 4) is 11.5 Å². The van der Waals surface area contributed by atoms with Gasteiger partial charge in [-0.1, -0.05) is 18.2 Å². The van der Waals surface area contributed by atoms with Gasteiger partial charge in [0.1, 0.15) is 0 Å². The number of benzene rings is 2. The number of methoxy groups -OCH3 is 2. The number of aromatic amines is 1. The van der Waals surface area contributed by atoms with Gasteiger partial charge < -0.3 is 23.8 Å². The number of aromatic nitrogens is 2. The number of para-hydroxylation sites is 1. The fourth-order valence-electron chi connectivity index (χ4n) is 5.62. The standard InChI is InChI=1S/C29H30N4O5/c1-36-23-9-8-22-24(27(23)37-2)20(17-33(22)11-5-10-32-12-14-38-15-13-32)26-25(28(34)31-29(26)35)19-16-30-21-7-4-3-6-18(19)21/h3-4,6-9,16-17,30H,5,10-15H2,1-2H3,(H,31,34,35). The van der Waals surface area contributed by atoms with E-state index in [1.165, 1.54) is 0 Å². The van der Waals surface area contributed by atoms with Gasteiger partial charge in [-0.15, -0.1) is 0 Å². The van der Waals surface area contributed by atoms with Crippen molar-refractivity contribution in [1.82, 2.24) is 19.8 Å². The highest BCUT2D eigenvalue weighted by atomic mass is 16.5. The Morgan fingerprint density at radius 2 is 1.68 bits per heavy atom. The molecular weight excluding hydrogens is 484 g/mol. The molecule has 0 radical (unpaired) electrons. The van der Waals surface area contributed by atoms with Crippen molar-refractivity contribution < 1.29 is 23.8 Å². The zero-order valence-corrected chi connectivity index (χ0v) is 21.5. The lowest BCUT2D eigenvalue weighted by molar-refractivity contribution is -0.122. The number of hydrogen-bond acceptors (Lipinski definition) is 6. The number of carbonyl (C=O) groups is 2. The zero-order chi connectivity index (χ0) is 26.2. The molecule has 1 fully saturated rings.